The highest BCUT2D eigenvalue weighted by Gasteiger charge is 2.18. The van der Waals surface area contributed by atoms with Gasteiger partial charge < -0.3 is 14.5 Å². The number of morpholine rings is 1. The van der Waals surface area contributed by atoms with Gasteiger partial charge in [-0.25, -0.2) is 0 Å². The van der Waals surface area contributed by atoms with Gasteiger partial charge in [-0.05, 0) is 35.9 Å². The van der Waals surface area contributed by atoms with E-state index in [4.69, 9.17) is 21.1 Å². The molecule has 5 nitrogen and oxygen atoms in total. The number of pyridine rings is 1. The van der Waals surface area contributed by atoms with Crippen LogP contribution in [0.1, 0.15) is 5.69 Å². The Morgan fingerprint density at radius 1 is 1.03 bits per heavy atom. The van der Waals surface area contributed by atoms with Crippen molar-refractivity contribution in [2.75, 3.05) is 40.0 Å². The van der Waals surface area contributed by atoms with Crippen molar-refractivity contribution in [2.24, 2.45) is 0 Å². The highest BCUT2D eigenvalue weighted by atomic mass is 35.5. The van der Waals surface area contributed by atoms with Gasteiger partial charge in [0.15, 0.2) is 0 Å². The quantitative estimate of drug-likeness (QED) is 0.428. The molecule has 0 radical (unpaired) electrons. The lowest BCUT2D eigenvalue weighted by Gasteiger charge is -2.26. The maximum atomic E-state index is 6.68. The summed E-state index contributed by atoms with van der Waals surface area (Å²) in [4.78, 5) is 10.7. The standard InChI is InChI=1S/C26H26ClN3O2/c1-31-21-7-5-18(6-8-21)19-15-20(17-28-16-19)25-24(9-10-30-11-13-32-14-12-30)29-23-4-2-3-22(27)26(23)25/h2-8,15-17,29H,9-14H2,1H3. The molecule has 5 rings (SSSR count). The second kappa shape index (κ2) is 9.33. The summed E-state index contributed by atoms with van der Waals surface area (Å²) in [6, 6.07) is 16.3. The van der Waals surface area contributed by atoms with Crippen LogP contribution in [0, 0.1) is 0 Å². The van der Waals surface area contributed by atoms with Gasteiger partial charge in [-0.3, -0.25) is 9.88 Å². The third-order valence-electron chi connectivity index (χ3n) is 6.08. The summed E-state index contributed by atoms with van der Waals surface area (Å²) in [7, 11) is 1.68. The lowest BCUT2D eigenvalue weighted by atomic mass is 9.98. The summed E-state index contributed by atoms with van der Waals surface area (Å²) >= 11 is 6.68. The molecule has 0 unspecified atom stereocenters. The number of hydrogen-bond donors (Lipinski definition) is 1. The van der Waals surface area contributed by atoms with E-state index in [2.05, 4.69) is 39.1 Å². The van der Waals surface area contributed by atoms with Crippen LogP contribution >= 0.6 is 11.6 Å². The van der Waals surface area contributed by atoms with Gasteiger partial charge in [0.05, 0.1) is 25.3 Å². The minimum Gasteiger partial charge on any atom is -0.497 e. The Hall–Kier alpha value is -2.86. The first-order valence-corrected chi connectivity index (χ1v) is 11.3. The zero-order chi connectivity index (χ0) is 21.9. The SMILES string of the molecule is COc1ccc(-c2cncc(-c3c(CCN4CCOCC4)[nH]c4cccc(Cl)c34)c2)cc1. The third-order valence-corrected chi connectivity index (χ3v) is 6.40. The molecule has 2 aromatic heterocycles. The average molecular weight is 448 g/mol. The van der Waals surface area contributed by atoms with E-state index in [0.29, 0.717) is 0 Å². The Bertz CT molecular complexity index is 1210. The molecule has 3 heterocycles. The molecule has 0 amide bonds. The van der Waals surface area contributed by atoms with Gasteiger partial charge in [0.2, 0.25) is 0 Å². The van der Waals surface area contributed by atoms with Crippen LogP contribution in [0.4, 0.5) is 0 Å². The molecule has 1 fully saturated rings. The van der Waals surface area contributed by atoms with E-state index in [1.807, 2.05) is 36.7 Å². The molecular formula is C26H26ClN3O2. The summed E-state index contributed by atoms with van der Waals surface area (Å²) < 4.78 is 10.8. The van der Waals surface area contributed by atoms with Crippen LogP contribution in [-0.4, -0.2) is 54.8 Å². The first-order valence-electron chi connectivity index (χ1n) is 10.9. The molecule has 0 spiro atoms. The van der Waals surface area contributed by atoms with E-state index in [0.717, 1.165) is 83.2 Å². The Balaban J connectivity index is 1.54. The lowest BCUT2D eigenvalue weighted by Crippen LogP contribution is -2.37. The van der Waals surface area contributed by atoms with Crippen molar-refractivity contribution in [3.8, 4) is 28.0 Å². The van der Waals surface area contributed by atoms with E-state index < -0.39 is 0 Å². The van der Waals surface area contributed by atoms with Crippen LogP contribution in [0.3, 0.4) is 0 Å². The number of benzene rings is 2. The number of hydrogen-bond acceptors (Lipinski definition) is 4. The molecule has 0 bridgehead atoms. The van der Waals surface area contributed by atoms with Gasteiger partial charge in [-0.1, -0.05) is 29.8 Å². The summed E-state index contributed by atoms with van der Waals surface area (Å²) in [5, 5.41) is 1.81. The van der Waals surface area contributed by atoms with Crippen molar-refractivity contribution in [3.63, 3.8) is 0 Å². The van der Waals surface area contributed by atoms with Crippen LogP contribution in [0.15, 0.2) is 60.9 Å². The molecule has 1 N–H and O–H groups in total. The first-order chi connectivity index (χ1) is 15.7. The van der Waals surface area contributed by atoms with Crippen molar-refractivity contribution in [2.45, 2.75) is 6.42 Å². The van der Waals surface area contributed by atoms with E-state index in [1.165, 1.54) is 5.69 Å². The maximum absolute atomic E-state index is 6.68. The van der Waals surface area contributed by atoms with Crippen molar-refractivity contribution < 1.29 is 9.47 Å². The molecule has 4 aromatic rings. The number of nitrogens with one attached hydrogen (secondary N) is 1. The fraction of sp³-hybridized carbons (Fsp3) is 0.269. The first kappa shape index (κ1) is 21.0. The number of fused-ring (bicyclic) bond motifs is 1. The number of rotatable bonds is 6. The van der Waals surface area contributed by atoms with Gasteiger partial charge in [0.25, 0.3) is 0 Å². The van der Waals surface area contributed by atoms with Crippen molar-refractivity contribution in [1.29, 1.82) is 0 Å². The topological polar surface area (TPSA) is 50.4 Å². The second-order valence-corrected chi connectivity index (χ2v) is 8.44. The third kappa shape index (κ3) is 4.24. The molecule has 0 saturated carbocycles. The Kier molecular flexibility index (Phi) is 6.12. The number of ether oxygens (including phenoxy) is 2. The molecule has 1 saturated heterocycles. The summed E-state index contributed by atoms with van der Waals surface area (Å²) in [5.74, 6) is 0.840. The molecule has 1 aliphatic heterocycles. The number of aromatic nitrogens is 2. The second-order valence-electron chi connectivity index (χ2n) is 8.04. The van der Waals surface area contributed by atoms with Crippen molar-refractivity contribution in [3.05, 3.63) is 71.6 Å². The molecule has 2 aromatic carbocycles. The molecule has 0 aliphatic carbocycles. The van der Waals surface area contributed by atoms with Crippen LogP contribution in [0.25, 0.3) is 33.2 Å². The lowest BCUT2D eigenvalue weighted by molar-refractivity contribution is 0.0384. The minimum atomic E-state index is 0.751. The number of nitrogens with zero attached hydrogens (tertiary/aromatic N) is 2. The van der Waals surface area contributed by atoms with Crippen LogP contribution < -0.4 is 4.74 Å². The molecule has 6 heteroatoms. The smallest absolute Gasteiger partial charge is 0.118 e. The van der Waals surface area contributed by atoms with Gasteiger partial charge >= 0.3 is 0 Å². The molecule has 32 heavy (non-hydrogen) atoms. The van der Waals surface area contributed by atoms with E-state index in [1.54, 1.807) is 7.11 Å². The fourth-order valence-corrected chi connectivity index (χ4v) is 4.65. The Labute approximate surface area is 192 Å². The van der Waals surface area contributed by atoms with Gasteiger partial charge in [0.1, 0.15) is 5.75 Å². The predicted molar refractivity (Wildman–Crippen MR) is 129 cm³/mol. The maximum Gasteiger partial charge on any atom is 0.118 e. The van der Waals surface area contributed by atoms with Crippen molar-refractivity contribution in [1.82, 2.24) is 14.9 Å². The van der Waals surface area contributed by atoms with Gasteiger partial charge in [-0.2, -0.15) is 0 Å². The predicted octanol–water partition coefficient (Wildman–Crippen LogP) is 5.43. The summed E-state index contributed by atoms with van der Waals surface area (Å²) in [6.07, 6.45) is 4.74. The number of halogens is 1. The number of methoxy groups -OCH3 is 1. The summed E-state index contributed by atoms with van der Waals surface area (Å²) in [6.45, 7) is 4.54. The monoisotopic (exact) mass is 447 g/mol. The number of H-pyrrole nitrogens is 1. The van der Waals surface area contributed by atoms with E-state index >= 15 is 0 Å². The zero-order valence-corrected chi connectivity index (χ0v) is 18.9. The van der Waals surface area contributed by atoms with Gasteiger partial charge in [-0.15, -0.1) is 0 Å². The Morgan fingerprint density at radius 2 is 1.81 bits per heavy atom. The highest BCUT2D eigenvalue weighted by molar-refractivity contribution is 6.36. The van der Waals surface area contributed by atoms with Crippen molar-refractivity contribution >= 4 is 22.5 Å². The number of aromatic amines is 1. The minimum absolute atomic E-state index is 0.751. The zero-order valence-electron chi connectivity index (χ0n) is 18.1. The fourth-order valence-electron chi connectivity index (χ4n) is 4.38. The summed E-state index contributed by atoms with van der Waals surface area (Å²) in [5.41, 5.74) is 6.61. The molecule has 1 aliphatic rings. The largest absolute Gasteiger partial charge is 0.497 e. The highest BCUT2D eigenvalue weighted by Crippen LogP contribution is 2.38. The van der Waals surface area contributed by atoms with E-state index in [-0.39, 0.29) is 0 Å². The molecule has 0 atom stereocenters. The van der Waals surface area contributed by atoms with Crippen LogP contribution in [-0.2, 0) is 11.2 Å². The average Bonchev–Trinajstić information content (AvgIpc) is 3.23. The van der Waals surface area contributed by atoms with E-state index in [9.17, 15) is 0 Å². The normalized spacial score (nSPS) is 14.7. The van der Waals surface area contributed by atoms with Gasteiger partial charge in [0, 0.05) is 71.7 Å². The molecular weight excluding hydrogens is 422 g/mol. The Morgan fingerprint density at radius 3 is 2.59 bits per heavy atom. The van der Waals surface area contributed by atoms with Crippen LogP contribution in [0.2, 0.25) is 5.02 Å². The molecule has 164 valence electrons. The van der Waals surface area contributed by atoms with Crippen LogP contribution in [0.5, 0.6) is 5.75 Å².